The monoisotopic (exact) mass is 205 g/mol. The van der Waals surface area contributed by atoms with E-state index in [1.165, 1.54) is 7.11 Å². The summed E-state index contributed by atoms with van der Waals surface area (Å²) in [7, 11) is 1.42. The molecule has 0 N–H and O–H groups in total. The lowest BCUT2D eigenvalue weighted by molar-refractivity contribution is 0.0522. The molecule has 0 aliphatic rings. The Morgan fingerprint density at radius 1 is 1.53 bits per heavy atom. The van der Waals surface area contributed by atoms with Gasteiger partial charge in [0.25, 0.3) is 0 Å². The summed E-state index contributed by atoms with van der Waals surface area (Å²) in [4.78, 5) is 11.5. The predicted molar refractivity (Wildman–Crippen MR) is 53.7 cm³/mol. The molecule has 1 rings (SSSR count). The van der Waals surface area contributed by atoms with Gasteiger partial charge in [0.2, 0.25) is 0 Å². The van der Waals surface area contributed by atoms with Crippen molar-refractivity contribution in [3.05, 3.63) is 29.3 Å². The van der Waals surface area contributed by atoms with Crippen LogP contribution in [0.25, 0.3) is 0 Å². The molecular formula is C11H11NO3. The molecule has 1 aromatic rings. The third-order valence-corrected chi connectivity index (χ3v) is 1.83. The number of ether oxygens (including phenoxy) is 2. The van der Waals surface area contributed by atoms with Gasteiger partial charge in [-0.3, -0.25) is 0 Å². The summed E-state index contributed by atoms with van der Waals surface area (Å²) in [5.41, 5.74) is 0.599. The van der Waals surface area contributed by atoms with E-state index in [1.807, 2.05) is 6.07 Å². The summed E-state index contributed by atoms with van der Waals surface area (Å²) in [5.74, 6) is -0.218. The minimum Gasteiger partial charge on any atom is -0.494 e. The number of carbonyl (C=O) groups excluding carboxylic acids is 1. The lowest BCUT2D eigenvalue weighted by Gasteiger charge is -2.08. The van der Waals surface area contributed by atoms with E-state index in [1.54, 1.807) is 25.1 Å². The van der Waals surface area contributed by atoms with Gasteiger partial charge in [-0.25, -0.2) is 4.79 Å². The molecule has 1 aromatic carbocycles. The van der Waals surface area contributed by atoms with E-state index in [0.717, 1.165) is 0 Å². The highest BCUT2D eigenvalue weighted by Gasteiger charge is 2.16. The van der Waals surface area contributed by atoms with Gasteiger partial charge in [0.05, 0.1) is 19.3 Å². The molecule has 0 saturated carbocycles. The van der Waals surface area contributed by atoms with E-state index < -0.39 is 5.97 Å². The molecule has 0 radical (unpaired) electrons. The highest BCUT2D eigenvalue weighted by atomic mass is 16.5. The molecule has 0 spiro atoms. The van der Waals surface area contributed by atoms with Crippen LogP contribution in [0, 0.1) is 11.3 Å². The van der Waals surface area contributed by atoms with Crippen LogP contribution in [0.4, 0.5) is 0 Å². The average molecular weight is 205 g/mol. The number of hydrogen-bond acceptors (Lipinski definition) is 4. The zero-order chi connectivity index (χ0) is 11.3. The van der Waals surface area contributed by atoms with Crippen LogP contribution in [0.3, 0.4) is 0 Å². The third kappa shape index (κ3) is 2.26. The third-order valence-electron chi connectivity index (χ3n) is 1.83. The highest BCUT2D eigenvalue weighted by Crippen LogP contribution is 2.23. The van der Waals surface area contributed by atoms with Gasteiger partial charge >= 0.3 is 5.97 Å². The van der Waals surface area contributed by atoms with Crippen molar-refractivity contribution in [2.24, 2.45) is 0 Å². The molecule has 15 heavy (non-hydrogen) atoms. The minimum absolute atomic E-state index is 0.262. The van der Waals surface area contributed by atoms with Crippen molar-refractivity contribution >= 4 is 5.97 Å². The van der Waals surface area contributed by atoms with Crippen molar-refractivity contribution in [1.29, 1.82) is 5.26 Å². The predicted octanol–water partition coefficient (Wildman–Crippen LogP) is 1.74. The Bertz CT molecular complexity index is 407. The SMILES string of the molecule is CCOC(=O)c1cccc(C#N)c1OC. The van der Waals surface area contributed by atoms with E-state index >= 15 is 0 Å². The maximum absolute atomic E-state index is 11.5. The fraction of sp³-hybridized carbons (Fsp3) is 0.273. The van der Waals surface area contributed by atoms with E-state index in [9.17, 15) is 4.79 Å². The first kappa shape index (κ1) is 11.1. The number of para-hydroxylation sites is 1. The Labute approximate surface area is 88.0 Å². The second kappa shape index (κ2) is 5.01. The summed E-state index contributed by atoms with van der Waals surface area (Å²) in [6.07, 6.45) is 0. The summed E-state index contributed by atoms with van der Waals surface area (Å²) in [5, 5.41) is 8.80. The Morgan fingerprint density at radius 3 is 2.80 bits per heavy atom. The Kier molecular flexibility index (Phi) is 3.69. The first-order chi connectivity index (χ1) is 7.24. The zero-order valence-corrected chi connectivity index (χ0v) is 8.61. The number of rotatable bonds is 3. The summed E-state index contributed by atoms with van der Waals surface area (Å²) < 4.78 is 9.85. The van der Waals surface area contributed by atoms with Crippen molar-refractivity contribution in [2.75, 3.05) is 13.7 Å². The molecule has 0 saturated heterocycles. The maximum Gasteiger partial charge on any atom is 0.341 e. The molecule has 78 valence electrons. The molecular weight excluding hydrogens is 194 g/mol. The molecule has 0 heterocycles. The van der Waals surface area contributed by atoms with Gasteiger partial charge in [-0.1, -0.05) is 6.07 Å². The first-order valence-corrected chi connectivity index (χ1v) is 4.48. The van der Waals surface area contributed by atoms with E-state index in [-0.39, 0.29) is 11.3 Å². The molecule has 0 aromatic heterocycles. The molecule has 0 bridgehead atoms. The number of nitriles is 1. The maximum atomic E-state index is 11.5. The summed E-state index contributed by atoms with van der Waals surface area (Å²) in [6.45, 7) is 2.01. The minimum atomic E-state index is -0.480. The fourth-order valence-electron chi connectivity index (χ4n) is 1.21. The first-order valence-electron chi connectivity index (χ1n) is 4.48. The zero-order valence-electron chi connectivity index (χ0n) is 8.61. The van der Waals surface area contributed by atoms with Gasteiger partial charge < -0.3 is 9.47 Å². The highest BCUT2D eigenvalue weighted by molar-refractivity contribution is 5.93. The average Bonchev–Trinajstić information content (AvgIpc) is 2.28. The molecule has 0 fully saturated rings. The molecule has 0 unspecified atom stereocenters. The van der Waals surface area contributed by atoms with E-state index in [0.29, 0.717) is 12.2 Å². The summed E-state index contributed by atoms with van der Waals surface area (Å²) >= 11 is 0. The number of hydrogen-bond donors (Lipinski definition) is 0. The molecule has 0 aliphatic heterocycles. The quantitative estimate of drug-likeness (QED) is 0.705. The second-order valence-corrected chi connectivity index (χ2v) is 2.72. The van der Waals surface area contributed by atoms with Gasteiger partial charge in [-0.2, -0.15) is 5.26 Å². The van der Waals surface area contributed by atoms with Crippen LogP contribution in [-0.4, -0.2) is 19.7 Å². The summed E-state index contributed by atoms with van der Waals surface area (Å²) in [6, 6.07) is 6.72. The smallest absolute Gasteiger partial charge is 0.341 e. The lowest BCUT2D eigenvalue weighted by Crippen LogP contribution is -2.07. The topological polar surface area (TPSA) is 59.3 Å². The number of esters is 1. The second-order valence-electron chi connectivity index (χ2n) is 2.72. The van der Waals surface area contributed by atoms with Crippen LogP contribution >= 0.6 is 0 Å². The van der Waals surface area contributed by atoms with Crippen molar-refractivity contribution < 1.29 is 14.3 Å². The van der Waals surface area contributed by atoms with Gasteiger partial charge in [-0.05, 0) is 19.1 Å². The van der Waals surface area contributed by atoms with Gasteiger partial charge in [0.1, 0.15) is 11.6 Å². The molecule has 0 aliphatic carbocycles. The Hall–Kier alpha value is -2.02. The van der Waals surface area contributed by atoms with Gasteiger partial charge in [0.15, 0.2) is 5.75 Å². The largest absolute Gasteiger partial charge is 0.494 e. The van der Waals surface area contributed by atoms with E-state index in [2.05, 4.69) is 0 Å². The Morgan fingerprint density at radius 2 is 2.27 bits per heavy atom. The van der Waals surface area contributed by atoms with Crippen LogP contribution in [-0.2, 0) is 4.74 Å². The normalized spacial score (nSPS) is 9.13. The van der Waals surface area contributed by atoms with Crippen LogP contribution in [0.2, 0.25) is 0 Å². The van der Waals surface area contributed by atoms with Crippen molar-refractivity contribution in [2.45, 2.75) is 6.92 Å². The van der Waals surface area contributed by atoms with E-state index in [4.69, 9.17) is 14.7 Å². The molecule has 4 nitrogen and oxygen atoms in total. The molecule has 0 atom stereocenters. The van der Waals surface area contributed by atoms with Crippen molar-refractivity contribution in [3.8, 4) is 11.8 Å². The number of nitrogens with zero attached hydrogens (tertiary/aromatic N) is 1. The van der Waals surface area contributed by atoms with Crippen LogP contribution in [0.5, 0.6) is 5.75 Å². The van der Waals surface area contributed by atoms with Crippen LogP contribution in [0.1, 0.15) is 22.8 Å². The Balaban J connectivity index is 3.18. The van der Waals surface area contributed by atoms with Gasteiger partial charge in [0, 0.05) is 0 Å². The molecule has 4 heteroatoms. The fourth-order valence-corrected chi connectivity index (χ4v) is 1.21. The number of carbonyl (C=O) groups is 1. The molecule has 0 amide bonds. The standard InChI is InChI=1S/C11H11NO3/c1-3-15-11(13)9-6-4-5-8(7-12)10(9)14-2/h4-6H,3H2,1-2H3. The van der Waals surface area contributed by atoms with Crippen molar-refractivity contribution in [3.63, 3.8) is 0 Å². The van der Waals surface area contributed by atoms with Crippen LogP contribution < -0.4 is 4.74 Å². The number of benzene rings is 1. The van der Waals surface area contributed by atoms with Gasteiger partial charge in [-0.15, -0.1) is 0 Å². The van der Waals surface area contributed by atoms with Crippen molar-refractivity contribution in [1.82, 2.24) is 0 Å². The van der Waals surface area contributed by atoms with Crippen LogP contribution in [0.15, 0.2) is 18.2 Å². The number of methoxy groups -OCH3 is 1. The lowest BCUT2D eigenvalue weighted by atomic mass is 10.1.